The standard InChI is InChI=1S/C16H25N5O5S/c1-5-6-8-11(22)17-9-7-10-21-13-12(14(23)20(3)16(21)24)19(2)15(18-13)27(4,25)26/h5-10H2,1-4H3,(H,17,22). The molecule has 1 amide bonds. The zero-order valence-electron chi connectivity index (χ0n) is 16.0. The highest BCUT2D eigenvalue weighted by Crippen LogP contribution is 2.14. The van der Waals surface area contributed by atoms with Crippen molar-refractivity contribution in [3.8, 4) is 0 Å². The van der Waals surface area contributed by atoms with E-state index in [-0.39, 0.29) is 28.8 Å². The maximum absolute atomic E-state index is 12.5. The van der Waals surface area contributed by atoms with Gasteiger partial charge in [0.25, 0.3) is 5.56 Å². The van der Waals surface area contributed by atoms with Crippen LogP contribution in [0.25, 0.3) is 11.2 Å². The minimum absolute atomic E-state index is 0.0309. The number of hydrogen-bond acceptors (Lipinski definition) is 6. The van der Waals surface area contributed by atoms with Gasteiger partial charge in [-0.1, -0.05) is 13.3 Å². The number of hydrogen-bond donors (Lipinski definition) is 1. The van der Waals surface area contributed by atoms with Gasteiger partial charge in [-0.05, 0) is 12.8 Å². The largest absolute Gasteiger partial charge is 0.356 e. The summed E-state index contributed by atoms with van der Waals surface area (Å²) in [7, 11) is -0.908. The number of fused-ring (bicyclic) bond motifs is 1. The van der Waals surface area contributed by atoms with Crippen LogP contribution in [0.3, 0.4) is 0 Å². The topological polar surface area (TPSA) is 125 Å². The minimum Gasteiger partial charge on any atom is -0.356 e. The predicted molar refractivity (Wildman–Crippen MR) is 100 cm³/mol. The molecular formula is C16H25N5O5S. The van der Waals surface area contributed by atoms with E-state index in [0.29, 0.717) is 19.4 Å². The Labute approximate surface area is 156 Å². The molecule has 0 aliphatic rings. The summed E-state index contributed by atoms with van der Waals surface area (Å²) in [5.41, 5.74) is -1.11. The molecule has 1 N–H and O–H groups in total. The van der Waals surface area contributed by atoms with Crippen molar-refractivity contribution < 1.29 is 13.2 Å². The van der Waals surface area contributed by atoms with E-state index >= 15 is 0 Å². The van der Waals surface area contributed by atoms with Crippen LogP contribution >= 0.6 is 0 Å². The van der Waals surface area contributed by atoms with E-state index in [1.807, 2.05) is 6.92 Å². The zero-order valence-corrected chi connectivity index (χ0v) is 16.8. The van der Waals surface area contributed by atoms with Crippen molar-refractivity contribution in [1.82, 2.24) is 24.0 Å². The molecule has 0 saturated carbocycles. The number of carbonyl (C=O) groups is 1. The van der Waals surface area contributed by atoms with Crippen LogP contribution < -0.4 is 16.6 Å². The van der Waals surface area contributed by atoms with Crippen molar-refractivity contribution in [3.05, 3.63) is 20.8 Å². The lowest BCUT2D eigenvalue weighted by Crippen LogP contribution is -2.39. The summed E-state index contributed by atoms with van der Waals surface area (Å²) in [5.74, 6) is -0.0491. The van der Waals surface area contributed by atoms with Crippen molar-refractivity contribution in [2.45, 2.75) is 44.3 Å². The van der Waals surface area contributed by atoms with Crippen LogP contribution in [0.15, 0.2) is 14.7 Å². The molecule has 0 saturated heterocycles. The number of amides is 1. The summed E-state index contributed by atoms with van der Waals surface area (Å²) in [4.78, 5) is 40.6. The molecule has 2 aromatic rings. The molecule has 10 nitrogen and oxygen atoms in total. The molecule has 0 aliphatic carbocycles. The van der Waals surface area contributed by atoms with Gasteiger partial charge in [0.15, 0.2) is 11.2 Å². The molecule has 0 fully saturated rings. The third-order valence-electron chi connectivity index (χ3n) is 4.29. The molecule has 0 radical (unpaired) electrons. The molecule has 0 unspecified atom stereocenters. The normalized spacial score (nSPS) is 11.9. The smallest absolute Gasteiger partial charge is 0.332 e. The summed E-state index contributed by atoms with van der Waals surface area (Å²) in [6.45, 7) is 2.56. The average molecular weight is 399 g/mol. The fraction of sp³-hybridized carbons (Fsp3) is 0.625. The van der Waals surface area contributed by atoms with Gasteiger partial charge in [-0.25, -0.2) is 13.2 Å². The van der Waals surface area contributed by atoms with Gasteiger partial charge < -0.3 is 9.88 Å². The SMILES string of the molecule is CCCCC(=O)NCCCn1c(=O)n(C)c(=O)c2c1nc(S(C)(=O)=O)n2C. The van der Waals surface area contributed by atoms with Crippen LogP contribution in [0.5, 0.6) is 0 Å². The molecule has 2 rings (SSSR count). The predicted octanol–water partition coefficient (Wildman–Crippen LogP) is -0.466. The van der Waals surface area contributed by atoms with Crippen LogP contribution in [0, 0.1) is 0 Å². The van der Waals surface area contributed by atoms with Crippen molar-refractivity contribution in [2.75, 3.05) is 12.8 Å². The minimum atomic E-state index is -3.67. The number of aryl methyl sites for hydroxylation is 2. The summed E-state index contributed by atoms with van der Waals surface area (Å²) >= 11 is 0. The molecule has 0 aliphatic heterocycles. The van der Waals surface area contributed by atoms with Crippen molar-refractivity contribution in [1.29, 1.82) is 0 Å². The maximum Gasteiger partial charge on any atom is 0.332 e. The highest BCUT2D eigenvalue weighted by atomic mass is 32.2. The van der Waals surface area contributed by atoms with Gasteiger partial charge in [-0.3, -0.25) is 18.7 Å². The lowest BCUT2D eigenvalue weighted by atomic mass is 10.2. The van der Waals surface area contributed by atoms with Crippen LogP contribution in [0.4, 0.5) is 0 Å². The third-order valence-corrected chi connectivity index (χ3v) is 5.31. The summed E-state index contributed by atoms with van der Waals surface area (Å²) in [5, 5.41) is 2.50. The third kappa shape index (κ3) is 4.29. The van der Waals surface area contributed by atoms with E-state index < -0.39 is 21.1 Å². The fourth-order valence-corrected chi connectivity index (χ4v) is 3.67. The van der Waals surface area contributed by atoms with Gasteiger partial charge in [0.1, 0.15) is 0 Å². The Morgan fingerprint density at radius 1 is 1.15 bits per heavy atom. The first kappa shape index (κ1) is 20.9. The summed E-state index contributed by atoms with van der Waals surface area (Å²) in [6, 6.07) is 0. The second kappa shape index (κ2) is 8.07. The van der Waals surface area contributed by atoms with Gasteiger partial charge in [-0.2, -0.15) is 4.98 Å². The number of imidazole rings is 1. The van der Waals surface area contributed by atoms with E-state index in [2.05, 4.69) is 10.3 Å². The molecular weight excluding hydrogens is 374 g/mol. The Morgan fingerprint density at radius 2 is 1.81 bits per heavy atom. The van der Waals surface area contributed by atoms with Gasteiger partial charge >= 0.3 is 5.69 Å². The molecule has 150 valence electrons. The van der Waals surface area contributed by atoms with E-state index in [9.17, 15) is 22.8 Å². The molecule has 0 atom stereocenters. The highest BCUT2D eigenvalue weighted by molar-refractivity contribution is 7.90. The molecule has 2 heterocycles. The lowest BCUT2D eigenvalue weighted by molar-refractivity contribution is -0.121. The number of aromatic nitrogens is 4. The maximum atomic E-state index is 12.5. The van der Waals surface area contributed by atoms with Gasteiger partial charge in [0.2, 0.25) is 20.9 Å². The number of rotatable bonds is 8. The number of nitrogens with one attached hydrogen (secondary N) is 1. The second-order valence-electron chi connectivity index (χ2n) is 6.50. The van der Waals surface area contributed by atoms with Gasteiger partial charge in [0.05, 0.1) is 0 Å². The van der Waals surface area contributed by atoms with Crippen molar-refractivity contribution >= 4 is 26.9 Å². The Morgan fingerprint density at radius 3 is 2.41 bits per heavy atom. The summed E-state index contributed by atoms with van der Waals surface area (Å²) < 4.78 is 27.2. The average Bonchev–Trinajstić information content (AvgIpc) is 2.94. The monoisotopic (exact) mass is 399 g/mol. The Bertz CT molecular complexity index is 1080. The first-order valence-corrected chi connectivity index (χ1v) is 10.6. The van der Waals surface area contributed by atoms with Crippen LogP contribution in [-0.4, -0.2) is 45.8 Å². The molecule has 11 heteroatoms. The fourth-order valence-electron chi connectivity index (χ4n) is 2.83. The second-order valence-corrected chi connectivity index (χ2v) is 8.41. The van der Waals surface area contributed by atoms with Gasteiger partial charge in [-0.15, -0.1) is 0 Å². The Kier molecular flexibility index (Phi) is 6.24. The Hall–Kier alpha value is -2.43. The lowest BCUT2D eigenvalue weighted by Gasteiger charge is -2.09. The quantitative estimate of drug-likeness (QED) is 0.599. The molecule has 27 heavy (non-hydrogen) atoms. The zero-order chi connectivity index (χ0) is 20.4. The first-order chi connectivity index (χ1) is 12.6. The van der Waals surface area contributed by atoms with E-state index in [1.54, 1.807) is 0 Å². The van der Waals surface area contributed by atoms with Crippen LogP contribution in [0.2, 0.25) is 0 Å². The molecule has 0 aromatic carbocycles. The van der Waals surface area contributed by atoms with Crippen LogP contribution in [0.1, 0.15) is 32.6 Å². The van der Waals surface area contributed by atoms with Crippen molar-refractivity contribution in [2.24, 2.45) is 14.1 Å². The first-order valence-electron chi connectivity index (χ1n) is 8.72. The van der Waals surface area contributed by atoms with Crippen LogP contribution in [-0.2, 0) is 35.3 Å². The summed E-state index contributed by atoms with van der Waals surface area (Å²) in [6.07, 6.45) is 3.64. The molecule has 0 bridgehead atoms. The number of nitrogens with zero attached hydrogens (tertiary/aromatic N) is 4. The number of sulfone groups is 1. The van der Waals surface area contributed by atoms with E-state index in [0.717, 1.165) is 23.7 Å². The molecule has 2 aromatic heterocycles. The number of unbranched alkanes of at least 4 members (excludes halogenated alkanes) is 1. The number of carbonyl (C=O) groups excluding carboxylic acids is 1. The van der Waals surface area contributed by atoms with Gasteiger partial charge in [0, 0.05) is 39.9 Å². The van der Waals surface area contributed by atoms with Crippen molar-refractivity contribution in [3.63, 3.8) is 0 Å². The van der Waals surface area contributed by atoms with E-state index in [1.165, 1.54) is 23.2 Å². The highest BCUT2D eigenvalue weighted by Gasteiger charge is 2.23. The Balaban J connectivity index is 2.35. The van der Waals surface area contributed by atoms with E-state index in [4.69, 9.17) is 0 Å². The molecule has 0 spiro atoms.